The predicted molar refractivity (Wildman–Crippen MR) is 111 cm³/mol. The second kappa shape index (κ2) is 9.61. The SMILES string of the molecule is C[C@@H]1C[C@@H](C)CN(C(=O)COC(=O)C2CCN(C(=O)c3ccc(Cl)cc3)CC2)C1. The van der Waals surface area contributed by atoms with Crippen molar-refractivity contribution in [1.29, 1.82) is 0 Å². The Balaban J connectivity index is 1.43. The molecule has 29 heavy (non-hydrogen) atoms. The molecule has 6 nitrogen and oxygen atoms in total. The highest BCUT2D eigenvalue weighted by Gasteiger charge is 2.30. The number of hydrogen-bond donors (Lipinski definition) is 0. The van der Waals surface area contributed by atoms with E-state index in [1.165, 1.54) is 0 Å². The zero-order valence-electron chi connectivity index (χ0n) is 17.1. The molecule has 0 aromatic heterocycles. The molecule has 3 rings (SSSR count). The Morgan fingerprint density at radius 3 is 2.17 bits per heavy atom. The van der Waals surface area contributed by atoms with Crippen LogP contribution >= 0.6 is 11.6 Å². The molecule has 2 fully saturated rings. The van der Waals surface area contributed by atoms with Crippen molar-refractivity contribution < 1.29 is 19.1 Å². The maximum atomic E-state index is 12.5. The summed E-state index contributed by atoms with van der Waals surface area (Å²) in [5.41, 5.74) is 0.589. The second-order valence-corrected chi connectivity index (χ2v) is 8.86. The van der Waals surface area contributed by atoms with Crippen LogP contribution in [0.2, 0.25) is 5.02 Å². The number of hydrogen-bond acceptors (Lipinski definition) is 4. The molecule has 1 aromatic carbocycles. The maximum Gasteiger partial charge on any atom is 0.309 e. The van der Waals surface area contributed by atoms with Crippen molar-refractivity contribution in [2.75, 3.05) is 32.8 Å². The molecule has 1 aromatic rings. The molecule has 2 aliphatic rings. The van der Waals surface area contributed by atoms with Gasteiger partial charge in [-0.3, -0.25) is 14.4 Å². The van der Waals surface area contributed by atoms with Crippen LogP contribution in [0.4, 0.5) is 0 Å². The van der Waals surface area contributed by atoms with E-state index in [4.69, 9.17) is 16.3 Å². The topological polar surface area (TPSA) is 66.9 Å². The Kier molecular flexibility index (Phi) is 7.17. The monoisotopic (exact) mass is 420 g/mol. The lowest BCUT2D eigenvalue weighted by atomic mass is 9.92. The van der Waals surface area contributed by atoms with Crippen molar-refractivity contribution in [3.63, 3.8) is 0 Å². The fourth-order valence-electron chi connectivity index (χ4n) is 4.30. The van der Waals surface area contributed by atoms with E-state index < -0.39 is 0 Å². The minimum Gasteiger partial charge on any atom is -0.455 e. The largest absolute Gasteiger partial charge is 0.455 e. The van der Waals surface area contributed by atoms with Gasteiger partial charge in [0.05, 0.1) is 5.92 Å². The molecule has 0 unspecified atom stereocenters. The summed E-state index contributed by atoms with van der Waals surface area (Å²) in [6.45, 7) is 6.54. The number of likely N-dealkylation sites (tertiary alicyclic amines) is 2. The summed E-state index contributed by atoms with van der Waals surface area (Å²) in [7, 11) is 0. The third-order valence-corrected chi connectivity index (χ3v) is 6.02. The number of ether oxygens (including phenoxy) is 1. The summed E-state index contributed by atoms with van der Waals surface area (Å²) >= 11 is 5.87. The first-order valence-corrected chi connectivity index (χ1v) is 10.7. The van der Waals surface area contributed by atoms with E-state index in [2.05, 4.69) is 13.8 Å². The molecule has 0 bridgehead atoms. The number of benzene rings is 1. The lowest BCUT2D eigenvalue weighted by Crippen LogP contribution is -2.45. The molecule has 2 amide bonds. The van der Waals surface area contributed by atoms with Gasteiger partial charge in [0.25, 0.3) is 11.8 Å². The van der Waals surface area contributed by atoms with Crippen LogP contribution in [0.5, 0.6) is 0 Å². The van der Waals surface area contributed by atoms with E-state index in [0.717, 1.165) is 19.5 Å². The van der Waals surface area contributed by atoms with Crippen LogP contribution in [-0.4, -0.2) is 60.4 Å². The van der Waals surface area contributed by atoms with Gasteiger partial charge in [-0.25, -0.2) is 0 Å². The van der Waals surface area contributed by atoms with E-state index in [9.17, 15) is 14.4 Å². The van der Waals surface area contributed by atoms with Crippen LogP contribution in [0.1, 0.15) is 43.5 Å². The molecule has 2 heterocycles. The van der Waals surface area contributed by atoms with Crippen molar-refractivity contribution in [1.82, 2.24) is 9.80 Å². The van der Waals surface area contributed by atoms with Gasteiger partial charge in [-0.15, -0.1) is 0 Å². The van der Waals surface area contributed by atoms with Gasteiger partial charge in [-0.2, -0.15) is 0 Å². The van der Waals surface area contributed by atoms with Crippen LogP contribution in [0, 0.1) is 17.8 Å². The molecule has 2 atom stereocenters. The number of nitrogens with zero attached hydrogens (tertiary/aromatic N) is 2. The van der Waals surface area contributed by atoms with Crippen LogP contribution in [-0.2, 0) is 14.3 Å². The van der Waals surface area contributed by atoms with E-state index in [1.54, 1.807) is 34.1 Å². The van der Waals surface area contributed by atoms with E-state index in [0.29, 0.717) is 48.4 Å². The lowest BCUT2D eigenvalue weighted by Gasteiger charge is -2.35. The van der Waals surface area contributed by atoms with Crippen LogP contribution < -0.4 is 0 Å². The summed E-state index contributed by atoms with van der Waals surface area (Å²) < 4.78 is 5.31. The third kappa shape index (κ3) is 5.72. The summed E-state index contributed by atoms with van der Waals surface area (Å²) in [6, 6.07) is 6.80. The van der Waals surface area contributed by atoms with Gasteiger partial charge in [0.1, 0.15) is 0 Å². The van der Waals surface area contributed by atoms with Crippen LogP contribution in [0.3, 0.4) is 0 Å². The van der Waals surface area contributed by atoms with Gasteiger partial charge in [0.2, 0.25) is 0 Å². The number of amides is 2. The summed E-state index contributed by atoms with van der Waals surface area (Å²) in [4.78, 5) is 40.9. The van der Waals surface area contributed by atoms with E-state index in [-0.39, 0.29) is 30.3 Å². The Labute approximate surface area is 177 Å². The Morgan fingerprint density at radius 2 is 1.59 bits per heavy atom. The highest BCUT2D eigenvalue weighted by Crippen LogP contribution is 2.23. The zero-order chi connectivity index (χ0) is 21.0. The third-order valence-electron chi connectivity index (χ3n) is 5.77. The summed E-state index contributed by atoms with van der Waals surface area (Å²) in [5.74, 6) is 0.164. The quantitative estimate of drug-likeness (QED) is 0.701. The van der Waals surface area contributed by atoms with Crippen molar-refractivity contribution in [3.8, 4) is 0 Å². The van der Waals surface area contributed by atoms with Gasteiger partial charge in [0.15, 0.2) is 6.61 Å². The average Bonchev–Trinajstić information content (AvgIpc) is 2.71. The van der Waals surface area contributed by atoms with E-state index >= 15 is 0 Å². The van der Waals surface area contributed by atoms with Gasteiger partial charge in [0, 0.05) is 36.8 Å². The number of carbonyl (C=O) groups excluding carboxylic acids is 3. The molecule has 0 radical (unpaired) electrons. The number of carbonyl (C=O) groups is 3. The molecule has 0 saturated carbocycles. The van der Waals surface area contributed by atoms with Crippen molar-refractivity contribution in [3.05, 3.63) is 34.9 Å². The first kappa shape index (κ1) is 21.6. The standard InChI is InChI=1S/C22H29ClN2O4/c1-15-11-16(2)13-25(12-15)20(26)14-29-22(28)18-7-9-24(10-8-18)21(27)17-3-5-19(23)6-4-17/h3-6,15-16,18H,7-14H2,1-2H3/t15-,16-/m1/s1. The highest BCUT2D eigenvalue weighted by molar-refractivity contribution is 6.30. The zero-order valence-corrected chi connectivity index (χ0v) is 17.9. The van der Waals surface area contributed by atoms with Crippen molar-refractivity contribution in [2.45, 2.75) is 33.1 Å². The number of esters is 1. The Bertz CT molecular complexity index is 734. The average molecular weight is 421 g/mol. The molecule has 158 valence electrons. The molecule has 0 spiro atoms. The second-order valence-electron chi connectivity index (χ2n) is 8.43. The minimum absolute atomic E-state index is 0.0583. The molecule has 0 N–H and O–H groups in total. The number of rotatable bonds is 4. The fraction of sp³-hybridized carbons (Fsp3) is 0.591. The minimum atomic E-state index is -0.338. The first-order valence-electron chi connectivity index (χ1n) is 10.3. The lowest BCUT2D eigenvalue weighted by molar-refractivity contribution is -0.157. The van der Waals surface area contributed by atoms with Gasteiger partial charge < -0.3 is 14.5 Å². The van der Waals surface area contributed by atoms with Gasteiger partial charge in [-0.05, 0) is 55.4 Å². The number of piperidine rings is 2. The first-order chi connectivity index (χ1) is 13.8. The molecule has 7 heteroatoms. The molecular weight excluding hydrogens is 392 g/mol. The Morgan fingerprint density at radius 1 is 1.00 bits per heavy atom. The highest BCUT2D eigenvalue weighted by atomic mass is 35.5. The summed E-state index contributed by atoms with van der Waals surface area (Å²) in [6.07, 6.45) is 2.21. The predicted octanol–water partition coefficient (Wildman–Crippen LogP) is 3.24. The van der Waals surface area contributed by atoms with Crippen LogP contribution in [0.15, 0.2) is 24.3 Å². The number of halogens is 1. The molecule has 2 aliphatic heterocycles. The van der Waals surface area contributed by atoms with Gasteiger partial charge in [-0.1, -0.05) is 25.4 Å². The van der Waals surface area contributed by atoms with Gasteiger partial charge >= 0.3 is 5.97 Å². The Hall–Kier alpha value is -2.08. The fourth-order valence-corrected chi connectivity index (χ4v) is 4.43. The molecular formula is C22H29ClN2O4. The van der Waals surface area contributed by atoms with Crippen molar-refractivity contribution in [2.24, 2.45) is 17.8 Å². The normalized spacial score (nSPS) is 23.0. The molecule has 2 saturated heterocycles. The van der Waals surface area contributed by atoms with Crippen molar-refractivity contribution >= 4 is 29.4 Å². The smallest absolute Gasteiger partial charge is 0.309 e. The van der Waals surface area contributed by atoms with Crippen LogP contribution in [0.25, 0.3) is 0 Å². The maximum absolute atomic E-state index is 12.5. The molecule has 0 aliphatic carbocycles. The summed E-state index contributed by atoms with van der Waals surface area (Å²) in [5, 5.41) is 0.589. The van der Waals surface area contributed by atoms with E-state index in [1.807, 2.05) is 0 Å².